The Balaban J connectivity index is 1.74. The molecule has 122 valence electrons. The zero-order valence-electron chi connectivity index (χ0n) is 13.4. The highest BCUT2D eigenvalue weighted by Gasteiger charge is 2.65. The van der Waals surface area contributed by atoms with Gasteiger partial charge < -0.3 is 10.2 Å². The number of terminal acetylenes is 1. The van der Waals surface area contributed by atoms with Crippen molar-refractivity contribution in [1.82, 2.24) is 0 Å². The average Bonchev–Trinajstić information content (AvgIpc) is 2.75. The second-order valence-electron chi connectivity index (χ2n) is 7.87. The molecule has 2 N–H and O–H groups in total. The maximum atomic E-state index is 14.6. The topological polar surface area (TPSA) is 40.5 Å². The van der Waals surface area contributed by atoms with E-state index in [0.29, 0.717) is 24.0 Å². The van der Waals surface area contributed by atoms with E-state index < -0.39 is 17.2 Å². The lowest BCUT2D eigenvalue weighted by atomic mass is 9.53. The third-order valence-corrected chi connectivity index (χ3v) is 7.10. The Bertz CT molecular complexity index is 693. The van der Waals surface area contributed by atoms with Gasteiger partial charge >= 0.3 is 0 Å². The molecular formula is C20H23FO2. The van der Waals surface area contributed by atoms with Crippen LogP contribution in [0.4, 0.5) is 4.39 Å². The van der Waals surface area contributed by atoms with Crippen molar-refractivity contribution >= 4 is 0 Å². The van der Waals surface area contributed by atoms with Crippen LogP contribution >= 0.6 is 0 Å². The Hall–Kier alpha value is -1.53. The molecule has 0 radical (unpaired) electrons. The highest BCUT2D eigenvalue weighted by atomic mass is 18.2. The Labute approximate surface area is 136 Å². The summed E-state index contributed by atoms with van der Waals surface area (Å²) < 4.78 is 14.6. The lowest BCUT2D eigenvalue weighted by Gasteiger charge is -2.51. The fourth-order valence-corrected chi connectivity index (χ4v) is 5.80. The van der Waals surface area contributed by atoms with Gasteiger partial charge in [-0.3, -0.25) is 0 Å². The maximum absolute atomic E-state index is 14.6. The summed E-state index contributed by atoms with van der Waals surface area (Å²) >= 11 is 0. The standard InChI is InChI=1S/C20H23FO2/c1-3-20(23)18(21)11-17-16-6-4-12-10-13(22)5-7-14(12)15(16)8-9-19(17,20)2/h1,5,7,10,15-18,22-23H,4,6,8-9,11H2,2H3/t15-,16-,17+,18-,19+,20-/m1/s1/i21-1. The smallest absolute Gasteiger partial charge is 0.161 e. The first-order chi connectivity index (χ1) is 10.9. The van der Waals surface area contributed by atoms with E-state index in [-0.39, 0.29) is 5.92 Å². The van der Waals surface area contributed by atoms with Gasteiger partial charge in [-0.25, -0.2) is 4.39 Å². The van der Waals surface area contributed by atoms with Crippen LogP contribution < -0.4 is 0 Å². The summed E-state index contributed by atoms with van der Waals surface area (Å²) in [6.07, 6.45) is 8.14. The number of aryl methyl sites for hydroxylation is 1. The molecule has 0 amide bonds. The minimum absolute atomic E-state index is 0.124. The average molecular weight is 313 g/mol. The van der Waals surface area contributed by atoms with Gasteiger partial charge in [0, 0.05) is 5.41 Å². The lowest BCUT2D eigenvalue weighted by molar-refractivity contribution is -0.0846. The van der Waals surface area contributed by atoms with Crippen molar-refractivity contribution < 1.29 is 14.6 Å². The van der Waals surface area contributed by atoms with Crippen molar-refractivity contribution in [3.05, 3.63) is 29.3 Å². The molecule has 0 saturated heterocycles. The number of fused-ring (bicyclic) bond motifs is 5. The number of hydrogen-bond donors (Lipinski definition) is 2. The molecule has 0 aromatic heterocycles. The van der Waals surface area contributed by atoms with Gasteiger partial charge in [0.25, 0.3) is 0 Å². The molecule has 2 saturated carbocycles. The summed E-state index contributed by atoms with van der Waals surface area (Å²) in [5.41, 5.74) is 0.360. The van der Waals surface area contributed by atoms with Gasteiger partial charge in [0.05, 0.1) is 0 Å². The molecule has 23 heavy (non-hydrogen) atoms. The maximum Gasteiger partial charge on any atom is 0.161 e. The number of phenols is 1. The summed E-state index contributed by atoms with van der Waals surface area (Å²) in [6, 6.07) is 5.64. The molecule has 0 aliphatic heterocycles. The predicted molar refractivity (Wildman–Crippen MR) is 86.8 cm³/mol. The van der Waals surface area contributed by atoms with Crippen LogP contribution in [-0.2, 0) is 6.42 Å². The molecular weight excluding hydrogens is 290 g/mol. The first-order valence-corrected chi connectivity index (χ1v) is 8.56. The third kappa shape index (κ3) is 1.79. The highest BCUT2D eigenvalue weighted by molar-refractivity contribution is 5.41. The zero-order valence-corrected chi connectivity index (χ0v) is 13.4. The van der Waals surface area contributed by atoms with Crippen molar-refractivity contribution in [2.24, 2.45) is 17.3 Å². The van der Waals surface area contributed by atoms with Crippen molar-refractivity contribution in [3.8, 4) is 18.1 Å². The molecule has 6 atom stereocenters. The second kappa shape index (κ2) is 4.74. The van der Waals surface area contributed by atoms with E-state index in [2.05, 4.69) is 5.92 Å². The Morgan fingerprint density at radius 3 is 2.87 bits per heavy atom. The van der Waals surface area contributed by atoms with E-state index in [9.17, 15) is 14.6 Å². The first kappa shape index (κ1) is 15.0. The van der Waals surface area contributed by atoms with Gasteiger partial charge in [0.15, 0.2) is 5.60 Å². The van der Waals surface area contributed by atoms with E-state index in [0.717, 1.165) is 25.7 Å². The second-order valence-corrected chi connectivity index (χ2v) is 7.87. The molecule has 3 heteroatoms. The Morgan fingerprint density at radius 1 is 1.35 bits per heavy atom. The van der Waals surface area contributed by atoms with E-state index in [1.165, 1.54) is 11.1 Å². The normalized spacial score (nSPS) is 44.8. The Morgan fingerprint density at radius 2 is 2.13 bits per heavy atom. The van der Waals surface area contributed by atoms with Crippen molar-refractivity contribution in [1.29, 1.82) is 0 Å². The van der Waals surface area contributed by atoms with Crippen LogP contribution in [0.2, 0.25) is 0 Å². The van der Waals surface area contributed by atoms with E-state index >= 15 is 0 Å². The Kier molecular flexibility index (Phi) is 3.09. The quantitative estimate of drug-likeness (QED) is 0.719. The first-order valence-electron chi connectivity index (χ1n) is 8.56. The fraction of sp³-hybridized carbons (Fsp3) is 0.600. The molecule has 0 unspecified atom stereocenters. The number of phenolic OH excluding ortho intramolecular Hbond substituents is 1. The van der Waals surface area contributed by atoms with E-state index in [1.807, 2.05) is 19.1 Å². The molecule has 2 nitrogen and oxygen atoms in total. The zero-order chi connectivity index (χ0) is 16.4. The summed E-state index contributed by atoms with van der Waals surface area (Å²) in [5, 5.41) is 20.5. The number of halogens is 1. The number of aromatic hydroxyl groups is 1. The van der Waals surface area contributed by atoms with Gasteiger partial charge in [-0.05, 0) is 73.1 Å². The minimum atomic E-state index is -1.63. The van der Waals surface area contributed by atoms with Gasteiger partial charge in [0.2, 0.25) is 0 Å². The van der Waals surface area contributed by atoms with Crippen LogP contribution in [0.1, 0.15) is 49.7 Å². The molecule has 2 fully saturated rings. The van der Waals surface area contributed by atoms with Gasteiger partial charge in [-0.2, -0.15) is 0 Å². The van der Waals surface area contributed by atoms with Crippen LogP contribution in [0.25, 0.3) is 0 Å². The number of alkyl halides is 1. The molecule has 3 aliphatic rings. The number of hydrogen-bond acceptors (Lipinski definition) is 2. The summed E-state index contributed by atoms with van der Waals surface area (Å²) in [5.74, 6) is 3.60. The van der Waals surface area contributed by atoms with E-state index in [1.54, 1.807) is 6.07 Å². The SMILES string of the molecule is C#C[C@@]1(O)[C@H]([18F])C[C@H]2[C@@H]3CCc4cc(O)ccc4[C@H]3CC[C@@]21C. The number of aliphatic hydroxyl groups is 1. The van der Waals surface area contributed by atoms with Crippen LogP contribution in [-0.4, -0.2) is 22.0 Å². The molecule has 0 heterocycles. The summed E-state index contributed by atoms with van der Waals surface area (Å²) in [6.45, 7) is 1.99. The monoisotopic (exact) mass is 313 g/mol. The fourth-order valence-electron chi connectivity index (χ4n) is 5.80. The van der Waals surface area contributed by atoms with Crippen LogP contribution in [0, 0.1) is 29.6 Å². The van der Waals surface area contributed by atoms with Gasteiger partial charge in [-0.15, -0.1) is 6.42 Å². The lowest BCUT2D eigenvalue weighted by Crippen LogP contribution is -2.52. The summed E-state index contributed by atoms with van der Waals surface area (Å²) in [4.78, 5) is 0. The van der Waals surface area contributed by atoms with E-state index in [4.69, 9.17) is 6.42 Å². The predicted octanol–water partition coefficient (Wildman–Crippen LogP) is 3.56. The third-order valence-electron chi connectivity index (χ3n) is 7.10. The molecule has 0 bridgehead atoms. The van der Waals surface area contributed by atoms with Gasteiger partial charge in [0.1, 0.15) is 11.9 Å². The van der Waals surface area contributed by atoms with Crippen LogP contribution in [0.3, 0.4) is 0 Å². The largest absolute Gasteiger partial charge is 0.508 e. The minimum Gasteiger partial charge on any atom is -0.508 e. The van der Waals surface area contributed by atoms with Crippen molar-refractivity contribution in [3.63, 3.8) is 0 Å². The molecule has 3 aliphatic carbocycles. The van der Waals surface area contributed by atoms with Crippen molar-refractivity contribution in [2.45, 2.75) is 56.7 Å². The number of benzene rings is 1. The van der Waals surface area contributed by atoms with Crippen molar-refractivity contribution in [2.75, 3.05) is 0 Å². The molecule has 0 spiro atoms. The van der Waals surface area contributed by atoms with Crippen LogP contribution in [0.5, 0.6) is 5.75 Å². The summed E-state index contributed by atoms with van der Waals surface area (Å²) in [7, 11) is 0. The number of rotatable bonds is 0. The highest BCUT2D eigenvalue weighted by Crippen LogP contribution is 2.64. The molecule has 4 rings (SSSR count). The molecule has 1 aromatic carbocycles. The van der Waals surface area contributed by atoms with Gasteiger partial charge in [-0.1, -0.05) is 18.9 Å². The molecule has 1 aromatic rings. The van der Waals surface area contributed by atoms with Crippen LogP contribution in [0.15, 0.2) is 18.2 Å².